The van der Waals surface area contributed by atoms with Crippen molar-refractivity contribution in [3.05, 3.63) is 47.7 Å². The molecule has 116 valence electrons. The molecule has 3 aromatic rings. The van der Waals surface area contributed by atoms with Crippen LogP contribution in [0.5, 0.6) is 0 Å². The third-order valence-electron chi connectivity index (χ3n) is 3.70. The van der Waals surface area contributed by atoms with Gasteiger partial charge in [0.1, 0.15) is 5.65 Å². The molecule has 0 aliphatic heterocycles. The molecule has 3 rings (SSSR count). The first-order chi connectivity index (χ1) is 10.7. The van der Waals surface area contributed by atoms with Crippen molar-refractivity contribution < 1.29 is 4.74 Å². The number of hydrogen-bond donors (Lipinski definition) is 0. The molecule has 6 heteroatoms. The van der Waals surface area contributed by atoms with E-state index in [1.54, 1.807) is 18.9 Å². The lowest BCUT2D eigenvalue weighted by molar-refractivity contribution is 0.184. The molecule has 22 heavy (non-hydrogen) atoms. The number of ether oxygens (including phenoxy) is 1. The van der Waals surface area contributed by atoms with E-state index in [-0.39, 0.29) is 0 Å². The zero-order valence-corrected chi connectivity index (χ0v) is 13.9. The van der Waals surface area contributed by atoms with Crippen LogP contribution in [0.1, 0.15) is 17.1 Å². The van der Waals surface area contributed by atoms with Crippen LogP contribution in [0, 0.1) is 13.8 Å². The van der Waals surface area contributed by atoms with Gasteiger partial charge in [0, 0.05) is 37.5 Å². The fourth-order valence-corrected chi connectivity index (χ4v) is 3.38. The minimum Gasteiger partial charge on any atom is -0.383 e. The number of aryl methyl sites for hydroxylation is 1. The maximum atomic E-state index is 5.19. The Bertz CT molecular complexity index is 745. The van der Waals surface area contributed by atoms with Crippen LogP contribution in [0.25, 0.3) is 5.65 Å². The Morgan fingerprint density at radius 2 is 2.09 bits per heavy atom. The van der Waals surface area contributed by atoms with Crippen LogP contribution >= 0.6 is 11.8 Å². The molecule has 0 saturated carbocycles. The third-order valence-corrected chi connectivity index (χ3v) is 4.71. The monoisotopic (exact) mass is 316 g/mol. The van der Waals surface area contributed by atoms with Gasteiger partial charge >= 0.3 is 0 Å². The van der Waals surface area contributed by atoms with Gasteiger partial charge in [0.05, 0.1) is 18.0 Å². The highest BCUT2D eigenvalue weighted by Crippen LogP contribution is 2.24. The van der Waals surface area contributed by atoms with Gasteiger partial charge in [0.25, 0.3) is 0 Å². The Hall–Kier alpha value is -1.79. The Balaban J connectivity index is 1.76. The lowest BCUT2D eigenvalue weighted by Crippen LogP contribution is -2.07. The van der Waals surface area contributed by atoms with Crippen molar-refractivity contribution in [2.24, 2.45) is 0 Å². The van der Waals surface area contributed by atoms with Gasteiger partial charge in [-0.05, 0) is 26.0 Å². The number of rotatable bonds is 6. The molecule has 0 saturated heterocycles. The molecular weight excluding hydrogens is 296 g/mol. The van der Waals surface area contributed by atoms with Crippen molar-refractivity contribution in [2.75, 3.05) is 13.7 Å². The van der Waals surface area contributed by atoms with Crippen molar-refractivity contribution in [3.8, 4) is 0 Å². The summed E-state index contributed by atoms with van der Waals surface area (Å²) in [4.78, 5) is 9.30. The van der Waals surface area contributed by atoms with Crippen LogP contribution < -0.4 is 0 Å². The highest BCUT2D eigenvalue weighted by Gasteiger charge is 2.12. The van der Waals surface area contributed by atoms with Crippen molar-refractivity contribution >= 4 is 17.4 Å². The van der Waals surface area contributed by atoms with Crippen molar-refractivity contribution in [1.29, 1.82) is 0 Å². The first-order valence-electron chi connectivity index (χ1n) is 7.27. The molecule has 0 unspecified atom stereocenters. The SMILES string of the molecule is COCCn1c(SCc2cn3ccccc3n2)nc(C)c1C. The van der Waals surface area contributed by atoms with Crippen LogP contribution in [-0.4, -0.2) is 32.7 Å². The van der Waals surface area contributed by atoms with Crippen LogP contribution in [-0.2, 0) is 17.0 Å². The Morgan fingerprint density at radius 1 is 1.23 bits per heavy atom. The molecule has 0 N–H and O–H groups in total. The molecule has 0 aliphatic carbocycles. The van der Waals surface area contributed by atoms with Gasteiger partial charge in [0.15, 0.2) is 5.16 Å². The van der Waals surface area contributed by atoms with Crippen molar-refractivity contribution in [1.82, 2.24) is 18.9 Å². The van der Waals surface area contributed by atoms with Gasteiger partial charge in [0.2, 0.25) is 0 Å². The second kappa shape index (κ2) is 6.54. The van der Waals surface area contributed by atoms with E-state index < -0.39 is 0 Å². The summed E-state index contributed by atoms with van der Waals surface area (Å²) in [7, 11) is 1.72. The highest BCUT2D eigenvalue weighted by atomic mass is 32.2. The largest absolute Gasteiger partial charge is 0.383 e. The Morgan fingerprint density at radius 3 is 2.86 bits per heavy atom. The lowest BCUT2D eigenvalue weighted by Gasteiger charge is -2.08. The average Bonchev–Trinajstić information content (AvgIpc) is 3.05. The van der Waals surface area contributed by atoms with E-state index in [9.17, 15) is 0 Å². The Labute approximate surface area is 134 Å². The van der Waals surface area contributed by atoms with Gasteiger partial charge < -0.3 is 13.7 Å². The molecule has 3 heterocycles. The summed E-state index contributed by atoms with van der Waals surface area (Å²) < 4.78 is 9.46. The van der Waals surface area contributed by atoms with E-state index in [1.165, 1.54) is 5.69 Å². The summed E-state index contributed by atoms with van der Waals surface area (Å²) in [6.45, 7) is 5.68. The summed E-state index contributed by atoms with van der Waals surface area (Å²) in [5.74, 6) is 0.810. The predicted molar refractivity (Wildman–Crippen MR) is 88.3 cm³/mol. The topological polar surface area (TPSA) is 44.4 Å². The average molecular weight is 316 g/mol. The molecular formula is C16H20N4OS. The highest BCUT2D eigenvalue weighted by molar-refractivity contribution is 7.98. The molecule has 0 aromatic carbocycles. The first-order valence-corrected chi connectivity index (χ1v) is 8.25. The number of nitrogens with zero attached hydrogens (tertiary/aromatic N) is 4. The molecule has 0 fully saturated rings. The van der Waals surface area contributed by atoms with E-state index in [1.807, 2.05) is 35.7 Å². The van der Waals surface area contributed by atoms with E-state index >= 15 is 0 Å². The summed E-state index contributed by atoms with van der Waals surface area (Å²) in [5.41, 5.74) is 4.32. The van der Waals surface area contributed by atoms with Gasteiger partial charge in [-0.2, -0.15) is 0 Å². The van der Waals surface area contributed by atoms with E-state index in [4.69, 9.17) is 4.74 Å². The van der Waals surface area contributed by atoms with Crippen molar-refractivity contribution in [2.45, 2.75) is 31.3 Å². The number of fused-ring (bicyclic) bond motifs is 1. The molecule has 0 atom stereocenters. The lowest BCUT2D eigenvalue weighted by atomic mass is 10.4. The van der Waals surface area contributed by atoms with Crippen LogP contribution in [0.4, 0.5) is 0 Å². The minimum absolute atomic E-state index is 0.693. The van der Waals surface area contributed by atoms with Gasteiger partial charge in [-0.25, -0.2) is 9.97 Å². The second-order valence-corrected chi connectivity index (χ2v) is 6.14. The summed E-state index contributed by atoms with van der Waals surface area (Å²) in [6, 6.07) is 6.03. The van der Waals surface area contributed by atoms with E-state index in [0.717, 1.165) is 34.5 Å². The zero-order chi connectivity index (χ0) is 15.5. The van der Waals surface area contributed by atoms with Crippen LogP contribution in [0.2, 0.25) is 0 Å². The fraction of sp³-hybridized carbons (Fsp3) is 0.375. The van der Waals surface area contributed by atoms with Gasteiger partial charge in [-0.3, -0.25) is 0 Å². The number of pyridine rings is 1. The third kappa shape index (κ3) is 3.03. The minimum atomic E-state index is 0.693. The standard InChI is InChI=1S/C16H20N4OS/c1-12-13(2)20(8-9-21-3)16(17-12)22-11-14-10-19-7-5-4-6-15(19)18-14/h4-7,10H,8-9,11H2,1-3H3. The predicted octanol–water partition coefficient (Wildman–Crippen LogP) is 3.09. The molecule has 0 amide bonds. The molecule has 5 nitrogen and oxygen atoms in total. The molecule has 0 bridgehead atoms. The van der Waals surface area contributed by atoms with Crippen molar-refractivity contribution in [3.63, 3.8) is 0 Å². The van der Waals surface area contributed by atoms with Gasteiger partial charge in [-0.15, -0.1) is 0 Å². The van der Waals surface area contributed by atoms with Gasteiger partial charge in [-0.1, -0.05) is 17.8 Å². The summed E-state index contributed by atoms with van der Waals surface area (Å²) >= 11 is 1.72. The van der Waals surface area contributed by atoms with E-state index in [2.05, 4.69) is 27.7 Å². The normalized spacial score (nSPS) is 11.4. The molecule has 0 aliphatic rings. The summed E-state index contributed by atoms with van der Waals surface area (Å²) in [6.07, 6.45) is 4.09. The molecule has 0 radical (unpaired) electrons. The second-order valence-electron chi connectivity index (χ2n) is 5.20. The van der Waals surface area contributed by atoms with Crippen LogP contribution in [0.3, 0.4) is 0 Å². The molecule has 0 spiro atoms. The molecule has 3 aromatic heterocycles. The first kappa shape index (κ1) is 15.1. The maximum absolute atomic E-state index is 5.19. The quantitative estimate of drug-likeness (QED) is 0.656. The zero-order valence-electron chi connectivity index (χ0n) is 13.1. The summed E-state index contributed by atoms with van der Waals surface area (Å²) in [5, 5.41) is 1.03. The Kier molecular flexibility index (Phi) is 4.49. The van der Waals surface area contributed by atoms with E-state index in [0.29, 0.717) is 6.61 Å². The number of methoxy groups -OCH3 is 1. The number of imidazole rings is 2. The fourth-order valence-electron chi connectivity index (χ4n) is 2.37. The maximum Gasteiger partial charge on any atom is 0.168 e. The number of hydrogen-bond acceptors (Lipinski definition) is 4. The smallest absolute Gasteiger partial charge is 0.168 e. The number of aromatic nitrogens is 4. The van der Waals surface area contributed by atoms with Crippen LogP contribution in [0.15, 0.2) is 35.7 Å². The number of thioether (sulfide) groups is 1.